The Morgan fingerprint density at radius 3 is 2.63 bits per heavy atom. The number of aromatic nitrogens is 1. The second kappa shape index (κ2) is 8.49. The molecule has 156 valence electrons. The van der Waals surface area contributed by atoms with Crippen LogP contribution >= 0.6 is 0 Å². The first kappa shape index (κ1) is 19.8. The number of rotatable bonds is 7. The standard InChI is InChI=1S/C23H23NO6/c1-15-10-19(16(2)24(15)13-18-4-3-7-27-18)20(25)14-30-23(26)12-17-5-6-21-22(11-17)29-9-8-28-21/h3-7,10-11H,8-9,12-14H2,1-2H3. The third kappa shape index (κ3) is 4.25. The van der Waals surface area contributed by atoms with Gasteiger partial charge in [0.2, 0.25) is 5.78 Å². The topological polar surface area (TPSA) is 79.9 Å². The molecule has 0 saturated carbocycles. The average molecular weight is 409 g/mol. The lowest BCUT2D eigenvalue weighted by atomic mass is 10.1. The Labute approximate surface area is 174 Å². The Hall–Kier alpha value is -3.48. The maximum atomic E-state index is 12.6. The minimum Gasteiger partial charge on any atom is -0.486 e. The van der Waals surface area contributed by atoms with E-state index in [0.717, 1.165) is 22.7 Å². The normalized spacial score (nSPS) is 12.6. The Morgan fingerprint density at radius 1 is 1.07 bits per heavy atom. The summed E-state index contributed by atoms with van der Waals surface area (Å²) in [5, 5.41) is 0. The van der Waals surface area contributed by atoms with Gasteiger partial charge in [-0.25, -0.2) is 0 Å². The Morgan fingerprint density at radius 2 is 1.87 bits per heavy atom. The van der Waals surface area contributed by atoms with Crippen LogP contribution in [0.15, 0.2) is 47.1 Å². The number of fused-ring (bicyclic) bond motifs is 1. The van der Waals surface area contributed by atoms with Crippen LogP contribution in [0.25, 0.3) is 0 Å². The van der Waals surface area contributed by atoms with Crippen molar-refractivity contribution in [2.75, 3.05) is 19.8 Å². The van der Waals surface area contributed by atoms with Crippen molar-refractivity contribution in [3.05, 3.63) is 70.9 Å². The van der Waals surface area contributed by atoms with Crippen molar-refractivity contribution in [3.63, 3.8) is 0 Å². The number of hydrogen-bond donors (Lipinski definition) is 0. The minimum absolute atomic E-state index is 0.0570. The second-order valence-corrected chi connectivity index (χ2v) is 7.19. The van der Waals surface area contributed by atoms with Gasteiger partial charge in [0.05, 0.1) is 19.2 Å². The number of nitrogens with zero attached hydrogens (tertiary/aromatic N) is 1. The molecule has 7 nitrogen and oxygen atoms in total. The maximum Gasteiger partial charge on any atom is 0.310 e. The van der Waals surface area contributed by atoms with E-state index >= 15 is 0 Å². The van der Waals surface area contributed by atoms with Crippen LogP contribution in [-0.4, -0.2) is 36.1 Å². The summed E-state index contributed by atoms with van der Waals surface area (Å²) in [6.45, 7) is 5.05. The van der Waals surface area contributed by atoms with Gasteiger partial charge in [-0.1, -0.05) is 6.07 Å². The molecule has 7 heteroatoms. The monoisotopic (exact) mass is 409 g/mol. The Balaban J connectivity index is 1.36. The van der Waals surface area contributed by atoms with Gasteiger partial charge in [0, 0.05) is 17.0 Å². The van der Waals surface area contributed by atoms with E-state index in [-0.39, 0.29) is 18.8 Å². The summed E-state index contributed by atoms with van der Waals surface area (Å²) in [5.74, 6) is 1.39. The van der Waals surface area contributed by atoms with Crippen molar-refractivity contribution in [1.82, 2.24) is 4.57 Å². The lowest BCUT2D eigenvalue weighted by molar-refractivity contribution is -0.141. The zero-order valence-corrected chi connectivity index (χ0v) is 17.0. The first-order valence-corrected chi connectivity index (χ1v) is 9.77. The molecule has 30 heavy (non-hydrogen) atoms. The molecular weight excluding hydrogens is 386 g/mol. The van der Waals surface area contributed by atoms with E-state index in [1.165, 1.54) is 0 Å². The smallest absolute Gasteiger partial charge is 0.310 e. The summed E-state index contributed by atoms with van der Waals surface area (Å²) in [6.07, 6.45) is 1.68. The molecule has 0 saturated heterocycles. The fraction of sp³-hybridized carbons (Fsp3) is 0.304. The van der Waals surface area contributed by atoms with Gasteiger partial charge >= 0.3 is 5.97 Å². The van der Waals surface area contributed by atoms with E-state index in [1.807, 2.05) is 36.6 Å². The van der Waals surface area contributed by atoms with Crippen molar-refractivity contribution in [2.45, 2.75) is 26.8 Å². The number of esters is 1. The predicted octanol–water partition coefficient (Wildman–Crippen LogP) is 3.49. The summed E-state index contributed by atoms with van der Waals surface area (Å²) < 4.78 is 23.6. The first-order chi connectivity index (χ1) is 14.5. The van der Waals surface area contributed by atoms with Crippen LogP contribution in [0, 0.1) is 13.8 Å². The molecule has 4 rings (SSSR count). The molecule has 0 fully saturated rings. The van der Waals surface area contributed by atoms with Crippen LogP contribution in [0.1, 0.15) is 33.1 Å². The molecule has 0 N–H and O–H groups in total. The van der Waals surface area contributed by atoms with Crippen molar-refractivity contribution < 1.29 is 28.2 Å². The Bertz CT molecular complexity index is 1060. The average Bonchev–Trinajstić information content (AvgIpc) is 3.36. The van der Waals surface area contributed by atoms with Crippen molar-refractivity contribution >= 4 is 11.8 Å². The molecule has 3 heterocycles. The Kier molecular flexibility index (Phi) is 5.61. The number of ketones is 1. The SMILES string of the molecule is Cc1cc(C(=O)COC(=O)Cc2ccc3c(c2)OCCO3)c(C)n1Cc1ccco1. The summed E-state index contributed by atoms with van der Waals surface area (Å²) in [6, 6.07) is 10.9. The zero-order chi connectivity index (χ0) is 21.1. The fourth-order valence-electron chi connectivity index (χ4n) is 3.52. The van der Waals surface area contributed by atoms with Crippen LogP contribution in [0.3, 0.4) is 0 Å². The number of benzene rings is 1. The number of furan rings is 1. The summed E-state index contributed by atoms with van der Waals surface area (Å²) in [7, 11) is 0. The molecule has 0 radical (unpaired) electrons. The molecule has 0 amide bonds. The lowest BCUT2D eigenvalue weighted by Crippen LogP contribution is -2.17. The van der Waals surface area contributed by atoms with Gasteiger partial charge < -0.3 is 23.2 Å². The third-order valence-electron chi connectivity index (χ3n) is 5.09. The van der Waals surface area contributed by atoms with Crippen LogP contribution in [-0.2, 0) is 22.5 Å². The van der Waals surface area contributed by atoms with Gasteiger partial charge in [0.25, 0.3) is 0 Å². The summed E-state index contributed by atoms with van der Waals surface area (Å²) >= 11 is 0. The van der Waals surface area contributed by atoms with Gasteiger partial charge in [-0.2, -0.15) is 0 Å². The molecule has 3 aromatic rings. The van der Waals surface area contributed by atoms with Gasteiger partial charge in [0.1, 0.15) is 19.0 Å². The van der Waals surface area contributed by atoms with E-state index in [1.54, 1.807) is 24.5 Å². The maximum absolute atomic E-state index is 12.6. The number of Topliss-reactive ketones (excluding diaryl/α,β-unsaturated/α-hetero) is 1. The van der Waals surface area contributed by atoms with E-state index < -0.39 is 5.97 Å². The molecule has 0 spiro atoms. The third-order valence-corrected chi connectivity index (χ3v) is 5.09. The number of carbonyl (C=O) groups excluding carboxylic acids is 2. The van der Waals surface area contributed by atoms with Crippen LogP contribution in [0.5, 0.6) is 11.5 Å². The van der Waals surface area contributed by atoms with E-state index in [0.29, 0.717) is 36.8 Å². The second-order valence-electron chi connectivity index (χ2n) is 7.19. The minimum atomic E-state index is -0.468. The number of carbonyl (C=O) groups is 2. The van der Waals surface area contributed by atoms with E-state index in [4.69, 9.17) is 18.6 Å². The van der Waals surface area contributed by atoms with Crippen molar-refractivity contribution in [3.8, 4) is 11.5 Å². The van der Waals surface area contributed by atoms with Gasteiger partial charge in [0.15, 0.2) is 18.1 Å². The lowest BCUT2D eigenvalue weighted by Gasteiger charge is -2.18. The van der Waals surface area contributed by atoms with Crippen molar-refractivity contribution in [2.24, 2.45) is 0 Å². The highest BCUT2D eigenvalue weighted by Crippen LogP contribution is 2.31. The molecule has 1 aromatic carbocycles. The quantitative estimate of drug-likeness (QED) is 0.439. The predicted molar refractivity (Wildman–Crippen MR) is 108 cm³/mol. The number of hydrogen-bond acceptors (Lipinski definition) is 6. The van der Waals surface area contributed by atoms with Crippen LogP contribution in [0.2, 0.25) is 0 Å². The highest BCUT2D eigenvalue weighted by atomic mass is 16.6. The number of aryl methyl sites for hydroxylation is 1. The van der Waals surface area contributed by atoms with Crippen LogP contribution < -0.4 is 9.47 Å². The van der Waals surface area contributed by atoms with Crippen LogP contribution in [0.4, 0.5) is 0 Å². The molecular formula is C23H23NO6. The molecule has 0 atom stereocenters. The molecule has 1 aliphatic rings. The largest absolute Gasteiger partial charge is 0.486 e. The van der Waals surface area contributed by atoms with Gasteiger partial charge in [-0.3, -0.25) is 9.59 Å². The van der Waals surface area contributed by atoms with Crippen molar-refractivity contribution in [1.29, 1.82) is 0 Å². The molecule has 1 aliphatic heterocycles. The molecule has 2 aromatic heterocycles. The summed E-state index contributed by atoms with van der Waals surface area (Å²) in [5.41, 5.74) is 3.05. The fourth-order valence-corrected chi connectivity index (χ4v) is 3.52. The highest BCUT2D eigenvalue weighted by molar-refractivity contribution is 5.99. The zero-order valence-electron chi connectivity index (χ0n) is 17.0. The first-order valence-electron chi connectivity index (χ1n) is 9.77. The van der Waals surface area contributed by atoms with Gasteiger partial charge in [-0.05, 0) is 49.7 Å². The molecule has 0 unspecified atom stereocenters. The van der Waals surface area contributed by atoms with E-state index in [9.17, 15) is 9.59 Å². The molecule has 0 bridgehead atoms. The van der Waals surface area contributed by atoms with Gasteiger partial charge in [-0.15, -0.1) is 0 Å². The van der Waals surface area contributed by atoms with E-state index in [2.05, 4.69) is 0 Å². The number of ether oxygens (including phenoxy) is 3. The summed E-state index contributed by atoms with van der Waals surface area (Å²) in [4.78, 5) is 24.9. The highest BCUT2D eigenvalue weighted by Gasteiger charge is 2.19. The molecule has 0 aliphatic carbocycles.